The van der Waals surface area contributed by atoms with Gasteiger partial charge in [0, 0.05) is 35.5 Å². The maximum Gasteiger partial charge on any atom is 0.226 e. The van der Waals surface area contributed by atoms with Gasteiger partial charge in [0.1, 0.15) is 22.8 Å². The number of nitrogens with zero attached hydrogens (tertiary/aromatic N) is 4. The zero-order valence-corrected chi connectivity index (χ0v) is 19.9. The molecule has 1 amide bonds. The first kappa shape index (κ1) is 21.7. The number of amides is 1. The predicted molar refractivity (Wildman–Crippen MR) is 135 cm³/mol. The summed E-state index contributed by atoms with van der Waals surface area (Å²) >= 11 is 1.64. The van der Waals surface area contributed by atoms with Crippen LogP contribution >= 0.6 is 11.3 Å². The van der Waals surface area contributed by atoms with Gasteiger partial charge in [-0.1, -0.05) is 12.1 Å². The van der Waals surface area contributed by atoms with Crippen LogP contribution in [-0.4, -0.2) is 38.0 Å². The molecule has 5 aromatic rings. The van der Waals surface area contributed by atoms with Crippen molar-refractivity contribution in [2.75, 3.05) is 12.4 Å². The zero-order valence-electron chi connectivity index (χ0n) is 19.1. The van der Waals surface area contributed by atoms with Crippen LogP contribution in [0, 0.1) is 11.7 Å². The first-order valence-electron chi connectivity index (χ1n) is 11.5. The van der Waals surface area contributed by atoms with Gasteiger partial charge in [0.25, 0.3) is 0 Å². The smallest absolute Gasteiger partial charge is 0.226 e. The highest BCUT2D eigenvalue weighted by molar-refractivity contribution is 7.19. The number of carbonyl (C=O) groups is 1. The first-order chi connectivity index (χ1) is 17.0. The normalized spacial score (nSPS) is 15.3. The number of hydrogen-bond donors (Lipinski definition) is 2. The number of aryl methyl sites for hydroxylation is 1. The topological polar surface area (TPSA) is 86.8 Å². The molecule has 9 heteroatoms. The van der Waals surface area contributed by atoms with Crippen molar-refractivity contribution in [1.82, 2.24) is 25.1 Å². The van der Waals surface area contributed by atoms with E-state index in [9.17, 15) is 9.18 Å². The number of H-pyrrole nitrogens is 1. The van der Waals surface area contributed by atoms with Crippen LogP contribution in [0.1, 0.15) is 22.4 Å². The molecular weight excluding hydrogens is 463 g/mol. The molecule has 3 heterocycles. The van der Waals surface area contributed by atoms with Crippen LogP contribution in [0.5, 0.6) is 0 Å². The Bertz CT molecular complexity index is 1560. The highest BCUT2D eigenvalue weighted by atomic mass is 32.1. The molecule has 0 fully saturated rings. The number of rotatable bonds is 5. The lowest BCUT2D eigenvalue weighted by Crippen LogP contribution is -2.35. The van der Waals surface area contributed by atoms with Gasteiger partial charge in [-0.25, -0.2) is 14.4 Å². The molecule has 6 rings (SSSR count). The second-order valence-corrected chi connectivity index (χ2v) is 10.1. The molecule has 176 valence electrons. The highest BCUT2D eigenvalue weighted by Crippen LogP contribution is 2.41. The summed E-state index contributed by atoms with van der Waals surface area (Å²) in [7, 11) is 1.79. The number of anilines is 2. The molecule has 35 heavy (non-hydrogen) atoms. The standard InChI is InChI=1S/C26H23FN6OS/c1-33(13-15-3-2-4-18(27)9-15)26(34)16-5-7-20-22(11-16)35-25-23(20)24(28-14-29-25)31-19-6-8-21-17(10-19)12-30-32-21/h2-4,6,8-10,12,14,16H,5,7,11,13H2,1H3,(H,30,32)(H,28,29,31)/t16-/m0/s1. The molecule has 2 N–H and O–H groups in total. The lowest BCUT2D eigenvalue weighted by Gasteiger charge is -2.27. The number of halogens is 1. The van der Waals surface area contributed by atoms with Crippen molar-refractivity contribution in [2.45, 2.75) is 25.8 Å². The van der Waals surface area contributed by atoms with E-state index in [4.69, 9.17) is 0 Å². The van der Waals surface area contributed by atoms with Crippen LogP contribution in [0.2, 0.25) is 0 Å². The summed E-state index contributed by atoms with van der Waals surface area (Å²) in [6.07, 6.45) is 5.62. The van der Waals surface area contributed by atoms with Crippen LogP contribution < -0.4 is 5.32 Å². The number of carbonyl (C=O) groups excluding carboxylic acids is 1. The third-order valence-corrected chi connectivity index (χ3v) is 7.74. The molecule has 1 aliphatic rings. The van der Waals surface area contributed by atoms with Crippen molar-refractivity contribution in [3.63, 3.8) is 0 Å². The number of aromatic amines is 1. The second kappa shape index (κ2) is 8.74. The summed E-state index contributed by atoms with van der Waals surface area (Å²) in [6, 6.07) is 12.4. The SMILES string of the molecule is CN(Cc1cccc(F)c1)C(=O)[C@H]1CCc2c(sc3ncnc(Nc4ccc5[nH]ncc5c4)c23)C1. The Morgan fingerprint density at radius 1 is 1.26 bits per heavy atom. The van der Waals surface area contributed by atoms with Gasteiger partial charge in [-0.15, -0.1) is 11.3 Å². The summed E-state index contributed by atoms with van der Waals surface area (Å²) in [5.74, 6) is 0.492. The van der Waals surface area contributed by atoms with E-state index >= 15 is 0 Å². The number of aromatic nitrogens is 4. The molecule has 0 saturated carbocycles. The van der Waals surface area contributed by atoms with Gasteiger partial charge in [0.15, 0.2) is 0 Å². The molecule has 0 radical (unpaired) electrons. The minimum Gasteiger partial charge on any atom is -0.341 e. The maximum atomic E-state index is 13.5. The maximum absolute atomic E-state index is 13.5. The lowest BCUT2D eigenvalue weighted by molar-refractivity contribution is -0.135. The Hall–Kier alpha value is -3.85. The third kappa shape index (κ3) is 4.12. The van der Waals surface area contributed by atoms with Crippen LogP contribution in [-0.2, 0) is 24.2 Å². The van der Waals surface area contributed by atoms with Crippen molar-refractivity contribution < 1.29 is 9.18 Å². The van der Waals surface area contributed by atoms with Gasteiger partial charge in [0.2, 0.25) is 5.91 Å². The van der Waals surface area contributed by atoms with E-state index < -0.39 is 0 Å². The van der Waals surface area contributed by atoms with Gasteiger partial charge in [-0.2, -0.15) is 5.10 Å². The number of benzene rings is 2. The molecule has 1 aliphatic carbocycles. The quantitative estimate of drug-likeness (QED) is 0.356. The minimum absolute atomic E-state index is 0.0928. The van der Waals surface area contributed by atoms with Crippen molar-refractivity contribution in [2.24, 2.45) is 5.92 Å². The summed E-state index contributed by atoms with van der Waals surface area (Å²) in [4.78, 5) is 26.1. The average Bonchev–Trinajstić information content (AvgIpc) is 3.47. The predicted octanol–water partition coefficient (Wildman–Crippen LogP) is 5.21. The largest absolute Gasteiger partial charge is 0.341 e. The van der Waals surface area contributed by atoms with E-state index in [0.29, 0.717) is 13.0 Å². The highest BCUT2D eigenvalue weighted by Gasteiger charge is 2.30. The fourth-order valence-corrected chi connectivity index (χ4v) is 6.14. The average molecular weight is 487 g/mol. The molecule has 1 atom stereocenters. The van der Waals surface area contributed by atoms with Crippen molar-refractivity contribution in [3.8, 4) is 0 Å². The summed E-state index contributed by atoms with van der Waals surface area (Å²) in [6.45, 7) is 0.396. The van der Waals surface area contributed by atoms with Gasteiger partial charge in [-0.05, 0) is 60.7 Å². The molecule has 3 aromatic heterocycles. The molecule has 2 aromatic carbocycles. The molecule has 0 unspecified atom stereocenters. The first-order valence-corrected chi connectivity index (χ1v) is 12.3. The van der Waals surface area contributed by atoms with E-state index in [1.807, 2.05) is 24.3 Å². The van der Waals surface area contributed by atoms with E-state index in [1.165, 1.54) is 22.6 Å². The Morgan fingerprint density at radius 2 is 2.17 bits per heavy atom. The van der Waals surface area contributed by atoms with Crippen molar-refractivity contribution >= 4 is 49.9 Å². The molecule has 0 aliphatic heterocycles. The molecule has 0 saturated heterocycles. The number of hydrogen-bond acceptors (Lipinski definition) is 6. The summed E-state index contributed by atoms with van der Waals surface area (Å²) in [5, 5.41) is 12.6. The molecule has 0 bridgehead atoms. The van der Waals surface area contributed by atoms with Crippen LogP contribution in [0.3, 0.4) is 0 Å². The van der Waals surface area contributed by atoms with Gasteiger partial charge in [-0.3, -0.25) is 9.89 Å². The molecule has 7 nitrogen and oxygen atoms in total. The summed E-state index contributed by atoms with van der Waals surface area (Å²) in [5.41, 5.74) is 3.93. The summed E-state index contributed by atoms with van der Waals surface area (Å²) < 4.78 is 13.5. The number of fused-ring (bicyclic) bond motifs is 4. The van der Waals surface area contributed by atoms with Crippen LogP contribution in [0.25, 0.3) is 21.1 Å². The minimum atomic E-state index is -0.286. The van der Waals surface area contributed by atoms with Gasteiger partial charge >= 0.3 is 0 Å². The Labute approximate surface area is 205 Å². The van der Waals surface area contributed by atoms with Crippen molar-refractivity contribution in [3.05, 3.63) is 76.8 Å². The third-order valence-electron chi connectivity index (χ3n) is 6.58. The number of thiophene rings is 1. The fourth-order valence-electron chi connectivity index (χ4n) is 4.87. The molecule has 0 spiro atoms. The van der Waals surface area contributed by atoms with E-state index in [2.05, 4.69) is 25.5 Å². The lowest BCUT2D eigenvalue weighted by atomic mass is 9.87. The van der Waals surface area contributed by atoms with E-state index in [0.717, 1.165) is 51.0 Å². The zero-order chi connectivity index (χ0) is 23.9. The van der Waals surface area contributed by atoms with Crippen molar-refractivity contribution in [1.29, 1.82) is 0 Å². The Balaban J connectivity index is 1.23. The second-order valence-electron chi connectivity index (χ2n) is 8.97. The monoisotopic (exact) mass is 486 g/mol. The van der Waals surface area contributed by atoms with Crippen LogP contribution in [0.4, 0.5) is 15.9 Å². The molecular formula is C26H23FN6OS. The van der Waals surface area contributed by atoms with E-state index in [-0.39, 0.29) is 17.6 Å². The van der Waals surface area contributed by atoms with Crippen LogP contribution in [0.15, 0.2) is 55.0 Å². The Kier molecular flexibility index (Phi) is 5.41. The number of nitrogens with one attached hydrogen (secondary N) is 2. The van der Waals surface area contributed by atoms with Gasteiger partial charge < -0.3 is 10.2 Å². The fraction of sp³-hybridized carbons (Fsp3) is 0.231. The Morgan fingerprint density at radius 3 is 3.06 bits per heavy atom. The van der Waals surface area contributed by atoms with E-state index in [1.54, 1.807) is 41.9 Å². The van der Waals surface area contributed by atoms with Gasteiger partial charge in [0.05, 0.1) is 17.1 Å².